The fraction of sp³-hybridized carbons (Fsp3) is 0.362. The molecule has 86 heavy (non-hydrogen) atoms. The summed E-state index contributed by atoms with van der Waals surface area (Å²) in [5.41, 5.74) is 13.3. The molecule has 4 fully saturated rings. The molecule has 3 atom stereocenters. The highest BCUT2D eigenvalue weighted by atomic mass is 16.6. The van der Waals surface area contributed by atoms with Crippen molar-refractivity contribution in [1.29, 1.82) is 0 Å². The van der Waals surface area contributed by atoms with Gasteiger partial charge in [0.15, 0.2) is 0 Å². The lowest BCUT2D eigenvalue weighted by atomic mass is 9.96. The van der Waals surface area contributed by atoms with Crippen molar-refractivity contribution in [2.45, 2.75) is 141 Å². The Hall–Kier alpha value is -8.96. The minimum absolute atomic E-state index is 0.136. The van der Waals surface area contributed by atoms with Crippen molar-refractivity contribution in [1.82, 2.24) is 65.0 Å². The van der Waals surface area contributed by atoms with E-state index in [-0.39, 0.29) is 24.3 Å². The van der Waals surface area contributed by atoms with Crippen LogP contribution in [0, 0.1) is 0 Å². The van der Waals surface area contributed by atoms with Crippen molar-refractivity contribution in [3.05, 3.63) is 158 Å². The number of amides is 2. The molecule has 5 N–H and O–H groups in total. The van der Waals surface area contributed by atoms with Crippen LogP contribution in [-0.2, 0) is 9.47 Å². The summed E-state index contributed by atoms with van der Waals surface area (Å²) in [6.45, 7) is 13.6. The third-order valence-electron chi connectivity index (χ3n) is 17.0. The van der Waals surface area contributed by atoms with Crippen molar-refractivity contribution < 1.29 is 19.1 Å². The zero-order valence-corrected chi connectivity index (χ0v) is 49.9. The number of carbonyl (C=O) groups excluding carboxylic acids is 2. The number of imidazole rings is 4. The van der Waals surface area contributed by atoms with E-state index in [4.69, 9.17) is 24.4 Å². The monoisotopic (exact) mass is 1150 g/mol. The summed E-state index contributed by atoms with van der Waals surface area (Å²) in [6.07, 6.45) is 21.6. The Morgan fingerprint density at radius 2 is 0.860 bits per heavy atom. The van der Waals surface area contributed by atoms with Crippen LogP contribution in [0.1, 0.15) is 153 Å². The molecule has 14 rings (SSSR count). The van der Waals surface area contributed by atoms with Gasteiger partial charge in [-0.15, -0.1) is 0 Å². The molecule has 10 aromatic rings. The number of ether oxygens (including phenoxy) is 2. The van der Waals surface area contributed by atoms with Crippen LogP contribution in [0.2, 0.25) is 0 Å². The molecule has 2 amide bonds. The molecule has 4 aliphatic rings. The number of aromatic amines is 4. The second-order valence-corrected chi connectivity index (χ2v) is 25.3. The first-order valence-corrected chi connectivity index (χ1v) is 30.6. The maximum Gasteiger partial charge on any atom is 0.410 e. The SMILES string of the molecule is CC(C)(C)OC(=O)N1CCC[C@H]1c1ncc(-c2ccc(-c3ccc(-c4cnc([C@@H]5CCCN5C(=O)OC(C)(C)C)[nH]4)c4ncccc34)cc2)[nH]1.c1cnc2c(-c3cnc([C@@H]4CCCN4)[nH]3)ccc(-c3ccc(-c4cnc(C5CCCC5)[nH]4)cc3)c2c1. The van der Waals surface area contributed by atoms with Crippen molar-refractivity contribution in [3.8, 4) is 67.3 Å². The molecule has 6 aromatic heterocycles. The van der Waals surface area contributed by atoms with Crippen molar-refractivity contribution in [2.75, 3.05) is 19.6 Å². The summed E-state index contributed by atoms with van der Waals surface area (Å²) in [5.74, 6) is 4.27. The van der Waals surface area contributed by atoms with E-state index in [1.54, 1.807) is 16.0 Å². The minimum Gasteiger partial charge on any atom is -0.444 e. The first-order valence-electron chi connectivity index (χ1n) is 30.6. The summed E-state index contributed by atoms with van der Waals surface area (Å²) in [6, 6.07) is 34.0. The quantitative estimate of drug-likeness (QED) is 0.0869. The van der Waals surface area contributed by atoms with Gasteiger partial charge in [-0.25, -0.2) is 29.5 Å². The molecule has 0 unspecified atom stereocenters. The molecule has 0 radical (unpaired) electrons. The number of hydrogen-bond donors (Lipinski definition) is 5. The summed E-state index contributed by atoms with van der Waals surface area (Å²) >= 11 is 0. The number of fused-ring (bicyclic) bond motifs is 2. The van der Waals surface area contributed by atoms with Crippen LogP contribution in [0.25, 0.3) is 89.1 Å². The highest BCUT2D eigenvalue weighted by molar-refractivity contribution is 6.03. The normalized spacial score (nSPS) is 18.3. The smallest absolute Gasteiger partial charge is 0.410 e. The van der Waals surface area contributed by atoms with E-state index in [0.717, 1.165) is 134 Å². The number of H-pyrrole nitrogens is 4. The van der Waals surface area contributed by atoms with Crippen molar-refractivity contribution in [2.24, 2.45) is 0 Å². The number of carbonyl (C=O) groups is 2. The highest BCUT2D eigenvalue weighted by Gasteiger charge is 2.37. The van der Waals surface area contributed by atoms with Gasteiger partial charge < -0.3 is 34.7 Å². The van der Waals surface area contributed by atoms with Gasteiger partial charge in [-0.05, 0) is 157 Å². The molecule has 1 aliphatic carbocycles. The maximum atomic E-state index is 12.9. The lowest BCUT2D eigenvalue weighted by Gasteiger charge is -2.27. The zero-order chi connectivity index (χ0) is 59.1. The number of nitrogens with zero attached hydrogens (tertiary/aromatic N) is 8. The summed E-state index contributed by atoms with van der Waals surface area (Å²) < 4.78 is 11.3. The molecule has 0 spiro atoms. The lowest BCUT2D eigenvalue weighted by Crippen LogP contribution is -2.36. The van der Waals surface area contributed by atoms with Crippen LogP contribution in [0.5, 0.6) is 0 Å². The van der Waals surface area contributed by atoms with Gasteiger partial charge in [0, 0.05) is 53.3 Å². The number of pyridine rings is 2. The number of nitrogens with one attached hydrogen (secondary N) is 5. The topological polar surface area (TPSA) is 212 Å². The first-order chi connectivity index (χ1) is 41.7. The van der Waals surface area contributed by atoms with Crippen LogP contribution in [-0.4, -0.2) is 103 Å². The molecular formula is C69H75N13O4. The van der Waals surface area contributed by atoms with E-state index in [1.807, 2.05) is 84.7 Å². The van der Waals surface area contributed by atoms with Gasteiger partial charge in [0.05, 0.1) is 76.7 Å². The fourth-order valence-corrected chi connectivity index (χ4v) is 12.9. The van der Waals surface area contributed by atoms with Crippen molar-refractivity contribution in [3.63, 3.8) is 0 Å². The second-order valence-electron chi connectivity index (χ2n) is 25.3. The molecule has 0 bridgehead atoms. The molecule has 17 heteroatoms. The minimum atomic E-state index is -0.560. The van der Waals surface area contributed by atoms with E-state index in [0.29, 0.717) is 25.0 Å². The molecular weight excluding hydrogens is 1070 g/mol. The van der Waals surface area contributed by atoms with Crippen LogP contribution >= 0.6 is 0 Å². The van der Waals surface area contributed by atoms with E-state index in [2.05, 4.69) is 125 Å². The molecule has 3 saturated heterocycles. The second kappa shape index (κ2) is 23.5. The van der Waals surface area contributed by atoms with E-state index in [1.165, 1.54) is 48.8 Å². The summed E-state index contributed by atoms with van der Waals surface area (Å²) in [4.78, 5) is 71.7. The Morgan fingerprint density at radius 1 is 0.442 bits per heavy atom. The average molecular weight is 1150 g/mol. The first kappa shape index (κ1) is 56.2. The molecule has 440 valence electrons. The molecule has 4 aromatic carbocycles. The lowest BCUT2D eigenvalue weighted by molar-refractivity contribution is 0.0208. The van der Waals surface area contributed by atoms with Crippen LogP contribution < -0.4 is 5.32 Å². The van der Waals surface area contributed by atoms with Crippen LogP contribution in [0.4, 0.5) is 9.59 Å². The summed E-state index contributed by atoms with van der Waals surface area (Å²) in [7, 11) is 0. The maximum absolute atomic E-state index is 12.9. The Balaban J connectivity index is 0.000000168. The van der Waals surface area contributed by atoms with Crippen molar-refractivity contribution >= 4 is 34.0 Å². The largest absolute Gasteiger partial charge is 0.444 e. The average Bonchev–Trinajstić information content (AvgIpc) is 1.66. The fourth-order valence-electron chi connectivity index (χ4n) is 12.9. The number of likely N-dealkylation sites (tertiary alicyclic amines) is 2. The van der Waals surface area contributed by atoms with Gasteiger partial charge in [0.25, 0.3) is 0 Å². The van der Waals surface area contributed by atoms with Crippen LogP contribution in [0.15, 0.2) is 134 Å². The van der Waals surface area contributed by atoms with E-state index in [9.17, 15) is 9.59 Å². The standard InChI is InChI=1S/C39H45N7O4.C30H30N6/c1-38(2,3)49-36(47)45-20-8-11-31(45)34-41-22-29(43-34)25-15-13-24(14-16-25)26-17-18-28(33-27(26)10-7-19-40-33)30-23-42-35(44-30)32-12-9-21-46(32)37(48)50-39(4,5)6;1-2-6-21(5-1)29-33-17-26(35-29)20-11-9-19(10-12-20)22-13-14-24(28-23(22)7-3-16-32-28)27-18-34-30(36-27)25-8-4-15-31-25/h7,10,13-19,22-23,31-32H,8-9,11-12,20-21H2,1-6H3,(H,41,43)(H,42,44);3,7,9-14,16-18,21,25,31H,1-2,4-6,8,15H2,(H,33,35)(H,34,36)/t31-,32-;25-/m00/s1. The number of hydrogen-bond acceptors (Lipinski definition) is 11. The predicted octanol–water partition coefficient (Wildman–Crippen LogP) is 15.6. The van der Waals surface area contributed by atoms with Gasteiger partial charge in [-0.3, -0.25) is 19.8 Å². The Labute approximate surface area is 501 Å². The summed E-state index contributed by atoms with van der Waals surface area (Å²) in [5, 5.41) is 5.69. The highest BCUT2D eigenvalue weighted by Crippen LogP contribution is 2.40. The van der Waals surface area contributed by atoms with Gasteiger partial charge in [0.2, 0.25) is 0 Å². The Bertz CT molecular complexity index is 4040. The van der Waals surface area contributed by atoms with Gasteiger partial charge in [0.1, 0.15) is 34.5 Å². The number of aromatic nitrogens is 10. The third kappa shape index (κ3) is 11.8. The van der Waals surface area contributed by atoms with Gasteiger partial charge >= 0.3 is 12.2 Å². The van der Waals surface area contributed by atoms with E-state index < -0.39 is 11.2 Å². The Kier molecular flexibility index (Phi) is 15.3. The zero-order valence-electron chi connectivity index (χ0n) is 49.9. The predicted molar refractivity (Wildman–Crippen MR) is 336 cm³/mol. The Morgan fingerprint density at radius 3 is 1.34 bits per heavy atom. The molecule has 3 aliphatic heterocycles. The van der Waals surface area contributed by atoms with E-state index >= 15 is 0 Å². The molecule has 17 nitrogen and oxygen atoms in total. The van der Waals surface area contributed by atoms with Gasteiger partial charge in [-0.2, -0.15) is 0 Å². The third-order valence-corrected chi connectivity index (χ3v) is 17.0. The number of rotatable bonds is 10. The number of benzene rings is 4. The molecule has 1 saturated carbocycles. The van der Waals surface area contributed by atoms with Gasteiger partial charge in [-0.1, -0.05) is 85.6 Å². The molecule has 9 heterocycles. The van der Waals surface area contributed by atoms with Crippen LogP contribution in [0.3, 0.4) is 0 Å².